The highest BCUT2D eigenvalue weighted by Gasteiger charge is 2.09. The number of hydrogen-bond acceptors (Lipinski definition) is 4. The average Bonchev–Trinajstić information content (AvgIpc) is 2.75. The van der Waals surface area contributed by atoms with Crippen molar-refractivity contribution in [3.63, 3.8) is 0 Å². The van der Waals surface area contributed by atoms with Gasteiger partial charge < -0.3 is 20.7 Å². The van der Waals surface area contributed by atoms with Gasteiger partial charge in [0.2, 0.25) is 11.8 Å². The fourth-order valence-electron chi connectivity index (χ4n) is 2.61. The summed E-state index contributed by atoms with van der Waals surface area (Å²) in [6.45, 7) is 4.32. The molecule has 0 saturated heterocycles. The highest BCUT2D eigenvalue weighted by molar-refractivity contribution is 5.96. The van der Waals surface area contributed by atoms with Crippen molar-refractivity contribution in [1.29, 1.82) is 0 Å². The first-order chi connectivity index (χ1) is 14.4. The van der Waals surface area contributed by atoms with Crippen LogP contribution in [-0.4, -0.2) is 37.9 Å². The van der Waals surface area contributed by atoms with Gasteiger partial charge in [-0.3, -0.25) is 14.4 Å². The fraction of sp³-hybridized carbons (Fsp3) is 0.348. The Bertz CT molecular complexity index is 846. The van der Waals surface area contributed by atoms with E-state index >= 15 is 0 Å². The first-order valence-corrected chi connectivity index (χ1v) is 9.98. The van der Waals surface area contributed by atoms with Gasteiger partial charge in [0.25, 0.3) is 5.91 Å². The van der Waals surface area contributed by atoms with E-state index in [0.717, 1.165) is 11.3 Å². The molecule has 30 heavy (non-hydrogen) atoms. The summed E-state index contributed by atoms with van der Waals surface area (Å²) in [5, 5.41) is 8.34. The van der Waals surface area contributed by atoms with Gasteiger partial charge in [0, 0.05) is 36.7 Å². The predicted molar refractivity (Wildman–Crippen MR) is 117 cm³/mol. The molecule has 2 rings (SSSR count). The van der Waals surface area contributed by atoms with Crippen molar-refractivity contribution >= 4 is 23.4 Å². The lowest BCUT2D eigenvalue weighted by Gasteiger charge is -2.09. The number of carbonyl (C=O) groups excluding carboxylic acids is 3. The van der Waals surface area contributed by atoms with Crippen molar-refractivity contribution in [2.24, 2.45) is 5.92 Å². The Morgan fingerprint density at radius 3 is 2.13 bits per heavy atom. The quantitative estimate of drug-likeness (QED) is 0.524. The summed E-state index contributed by atoms with van der Waals surface area (Å²) in [5.74, 6) is 0.303. The number of carbonyl (C=O) groups is 3. The molecule has 0 aliphatic heterocycles. The van der Waals surface area contributed by atoms with Crippen LogP contribution in [0.15, 0.2) is 48.5 Å². The first kappa shape index (κ1) is 22.9. The van der Waals surface area contributed by atoms with Gasteiger partial charge in [-0.2, -0.15) is 0 Å². The lowest BCUT2D eigenvalue weighted by atomic mass is 10.1. The summed E-state index contributed by atoms with van der Waals surface area (Å²) in [6.07, 6.45) is 1.02. The zero-order valence-electron chi connectivity index (χ0n) is 17.7. The molecule has 0 aromatic heterocycles. The van der Waals surface area contributed by atoms with Crippen molar-refractivity contribution < 1.29 is 19.1 Å². The highest BCUT2D eigenvalue weighted by Crippen LogP contribution is 2.13. The van der Waals surface area contributed by atoms with Gasteiger partial charge in [0.1, 0.15) is 5.75 Å². The standard InChI is InChI=1S/C23H29N3O4/c1-16(2)22(28)26-19-9-7-18(8-10-19)23(29)25-15-14-24-21(27)13-6-17-4-11-20(30-3)12-5-17/h4-5,7-12,16H,6,13-15H2,1-3H3,(H,24,27)(H,25,29)(H,26,28). The number of anilines is 1. The van der Waals surface area contributed by atoms with Gasteiger partial charge in [-0.25, -0.2) is 0 Å². The van der Waals surface area contributed by atoms with Gasteiger partial charge >= 0.3 is 0 Å². The number of rotatable bonds is 10. The molecule has 160 valence electrons. The largest absolute Gasteiger partial charge is 0.497 e. The Morgan fingerprint density at radius 1 is 0.900 bits per heavy atom. The van der Waals surface area contributed by atoms with Crippen LogP contribution in [-0.2, 0) is 16.0 Å². The van der Waals surface area contributed by atoms with Crippen LogP contribution in [0.5, 0.6) is 5.75 Å². The van der Waals surface area contributed by atoms with Gasteiger partial charge in [-0.15, -0.1) is 0 Å². The molecule has 3 N–H and O–H groups in total. The maximum absolute atomic E-state index is 12.2. The lowest BCUT2D eigenvalue weighted by Crippen LogP contribution is -2.34. The molecular weight excluding hydrogens is 382 g/mol. The zero-order chi connectivity index (χ0) is 21.9. The van der Waals surface area contributed by atoms with Crippen LogP contribution in [0.4, 0.5) is 5.69 Å². The van der Waals surface area contributed by atoms with E-state index in [-0.39, 0.29) is 23.6 Å². The topological polar surface area (TPSA) is 96.5 Å². The molecule has 0 heterocycles. The zero-order valence-corrected chi connectivity index (χ0v) is 17.7. The molecule has 7 nitrogen and oxygen atoms in total. The molecule has 2 aromatic rings. The molecule has 0 aliphatic rings. The molecule has 0 spiro atoms. The number of nitrogens with one attached hydrogen (secondary N) is 3. The Balaban J connectivity index is 1.66. The minimum Gasteiger partial charge on any atom is -0.497 e. The third kappa shape index (κ3) is 7.58. The van der Waals surface area contributed by atoms with Gasteiger partial charge in [-0.1, -0.05) is 26.0 Å². The molecule has 7 heteroatoms. The molecule has 0 saturated carbocycles. The molecule has 0 aliphatic carbocycles. The van der Waals surface area contributed by atoms with Crippen LogP contribution >= 0.6 is 0 Å². The lowest BCUT2D eigenvalue weighted by molar-refractivity contribution is -0.121. The van der Waals surface area contributed by atoms with E-state index < -0.39 is 0 Å². The molecule has 2 aromatic carbocycles. The smallest absolute Gasteiger partial charge is 0.251 e. The maximum atomic E-state index is 12.2. The summed E-state index contributed by atoms with van der Waals surface area (Å²) in [6, 6.07) is 14.3. The SMILES string of the molecule is COc1ccc(CCC(=O)NCCNC(=O)c2ccc(NC(=O)C(C)C)cc2)cc1. The minimum atomic E-state index is -0.232. The maximum Gasteiger partial charge on any atom is 0.251 e. The molecule has 0 bridgehead atoms. The van der Waals surface area contributed by atoms with E-state index in [1.807, 2.05) is 38.1 Å². The Labute approximate surface area is 177 Å². The number of methoxy groups -OCH3 is 1. The van der Waals surface area contributed by atoms with Crippen molar-refractivity contribution in [2.75, 3.05) is 25.5 Å². The summed E-state index contributed by atoms with van der Waals surface area (Å²) in [4.78, 5) is 35.8. The second-order valence-electron chi connectivity index (χ2n) is 7.18. The van der Waals surface area contributed by atoms with E-state index in [4.69, 9.17) is 4.74 Å². The van der Waals surface area contributed by atoms with Crippen molar-refractivity contribution in [2.45, 2.75) is 26.7 Å². The number of hydrogen-bond donors (Lipinski definition) is 3. The van der Waals surface area contributed by atoms with Gasteiger partial charge in [-0.05, 0) is 48.4 Å². The van der Waals surface area contributed by atoms with Crippen LogP contribution in [0.3, 0.4) is 0 Å². The monoisotopic (exact) mass is 411 g/mol. The van der Waals surface area contributed by atoms with Crippen molar-refractivity contribution in [3.8, 4) is 5.75 Å². The van der Waals surface area contributed by atoms with Crippen LogP contribution in [0, 0.1) is 5.92 Å². The van der Waals surface area contributed by atoms with Crippen molar-refractivity contribution in [1.82, 2.24) is 10.6 Å². The van der Waals surface area contributed by atoms with E-state index in [9.17, 15) is 14.4 Å². The molecule has 0 unspecified atom stereocenters. The van der Waals surface area contributed by atoms with Crippen LogP contribution < -0.4 is 20.7 Å². The molecule has 3 amide bonds. The number of benzene rings is 2. The van der Waals surface area contributed by atoms with E-state index in [1.54, 1.807) is 31.4 Å². The number of amides is 3. The second kappa shape index (κ2) is 11.6. The third-order valence-electron chi connectivity index (χ3n) is 4.47. The minimum absolute atomic E-state index is 0.0645. The molecule has 0 fully saturated rings. The summed E-state index contributed by atoms with van der Waals surface area (Å²) in [5.41, 5.74) is 2.20. The van der Waals surface area contributed by atoms with E-state index in [2.05, 4.69) is 16.0 Å². The van der Waals surface area contributed by atoms with Crippen LogP contribution in [0.25, 0.3) is 0 Å². The summed E-state index contributed by atoms with van der Waals surface area (Å²) >= 11 is 0. The van der Waals surface area contributed by atoms with Gasteiger partial charge in [0.05, 0.1) is 7.11 Å². The van der Waals surface area contributed by atoms with Gasteiger partial charge in [0.15, 0.2) is 0 Å². The Morgan fingerprint density at radius 2 is 1.53 bits per heavy atom. The number of ether oxygens (including phenoxy) is 1. The van der Waals surface area contributed by atoms with Crippen LogP contribution in [0.2, 0.25) is 0 Å². The summed E-state index contributed by atoms with van der Waals surface area (Å²) in [7, 11) is 1.61. The van der Waals surface area contributed by atoms with Crippen molar-refractivity contribution in [3.05, 3.63) is 59.7 Å². The Kier molecular flexibility index (Phi) is 8.87. The normalized spacial score (nSPS) is 10.4. The first-order valence-electron chi connectivity index (χ1n) is 9.98. The Hall–Kier alpha value is -3.35. The average molecular weight is 412 g/mol. The second-order valence-corrected chi connectivity index (χ2v) is 7.18. The van der Waals surface area contributed by atoms with Crippen LogP contribution in [0.1, 0.15) is 36.2 Å². The van der Waals surface area contributed by atoms with E-state index in [0.29, 0.717) is 37.2 Å². The predicted octanol–water partition coefficient (Wildman–Crippen LogP) is 2.77. The molecule has 0 atom stereocenters. The summed E-state index contributed by atoms with van der Waals surface area (Å²) < 4.78 is 5.11. The molecular formula is C23H29N3O4. The molecule has 0 radical (unpaired) electrons. The number of aryl methyl sites for hydroxylation is 1. The highest BCUT2D eigenvalue weighted by atomic mass is 16.5. The van der Waals surface area contributed by atoms with E-state index in [1.165, 1.54) is 0 Å². The third-order valence-corrected chi connectivity index (χ3v) is 4.47. The fourth-order valence-corrected chi connectivity index (χ4v) is 2.61.